The largest absolute Gasteiger partial charge is 0.310 e. The predicted octanol–water partition coefficient (Wildman–Crippen LogP) is 4.42. The first kappa shape index (κ1) is 15.4. The SMILES string of the molecule is C[C@H](NCc1ccc(Br)c([N+](=O)[O-])c1)C1CCCCC1. The van der Waals surface area contributed by atoms with E-state index < -0.39 is 0 Å². The van der Waals surface area contributed by atoms with Gasteiger partial charge in [-0.2, -0.15) is 0 Å². The Bertz CT molecular complexity index is 473. The van der Waals surface area contributed by atoms with Crippen LogP contribution < -0.4 is 5.32 Å². The quantitative estimate of drug-likeness (QED) is 0.637. The molecule has 1 fully saturated rings. The average Bonchev–Trinajstić information content (AvgIpc) is 2.46. The van der Waals surface area contributed by atoms with E-state index >= 15 is 0 Å². The second-order valence-corrected chi connectivity index (χ2v) is 6.46. The standard InChI is InChI=1S/C15H21BrN2O2/c1-11(13-5-3-2-4-6-13)17-10-12-7-8-14(16)15(9-12)18(19)20/h7-9,11,13,17H,2-6,10H2,1H3/t11-/m0/s1. The lowest BCUT2D eigenvalue weighted by Crippen LogP contribution is -2.34. The zero-order chi connectivity index (χ0) is 14.5. The molecule has 20 heavy (non-hydrogen) atoms. The Morgan fingerprint density at radius 1 is 1.40 bits per heavy atom. The van der Waals surface area contributed by atoms with E-state index in [2.05, 4.69) is 28.2 Å². The van der Waals surface area contributed by atoms with E-state index in [1.165, 1.54) is 32.1 Å². The van der Waals surface area contributed by atoms with Crippen molar-refractivity contribution in [3.05, 3.63) is 38.3 Å². The van der Waals surface area contributed by atoms with Crippen molar-refractivity contribution in [3.8, 4) is 0 Å². The summed E-state index contributed by atoms with van der Waals surface area (Å²) in [5.41, 5.74) is 1.09. The second kappa shape index (κ2) is 7.18. The van der Waals surface area contributed by atoms with Crippen LogP contribution in [0.1, 0.15) is 44.6 Å². The molecule has 0 unspecified atom stereocenters. The molecule has 1 atom stereocenters. The minimum atomic E-state index is -0.349. The number of rotatable bonds is 5. The van der Waals surface area contributed by atoms with Crippen molar-refractivity contribution in [2.75, 3.05) is 0 Å². The van der Waals surface area contributed by atoms with Gasteiger partial charge in [0.15, 0.2) is 0 Å². The fourth-order valence-corrected chi connectivity index (χ4v) is 3.28. The first-order valence-electron chi connectivity index (χ1n) is 7.24. The first-order chi connectivity index (χ1) is 9.58. The maximum atomic E-state index is 10.9. The van der Waals surface area contributed by atoms with E-state index in [4.69, 9.17) is 0 Å². The van der Waals surface area contributed by atoms with Gasteiger partial charge < -0.3 is 5.32 Å². The van der Waals surface area contributed by atoms with Crippen LogP contribution >= 0.6 is 15.9 Å². The molecule has 0 amide bonds. The van der Waals surface area contributed by atoms with Gasteiger partial charge in [0.2, 0.25) is 0 Å². The molecule has 2 rings (SSSR count). The summed E-state index contributed by atoms with van der Waals surface area (Å²) in [6.07, 6.45) is 6.63. The van der Waals surface area contributed by atoms with Crippen molar-refractivity contribution in [2.45, 2.75) is 51.6 Å². The third-order valence-corrected chi connectivity index (χ3v) is 4.86. The lowest BCUT2D eigenvalue weighted by atomic mass is 9.84. The van der Waals surface area contributed by atoms with E-state index in [-0.39, 0.29) is 10.6 Å². The van der Waals surface area contributed by atoms with Gasteiger partial charge in [-0.25, -0.2) is 0 Å². The van der Waals surface area contributed by atoms with Gasteiger partial charge >= 0.3 is 0 Å². The smallest absolute Gasteiger partial charge is 0.283 e. The summed E-state index contributed by atoms with van der Waals surface area (Å²) >= 11 is 3.21. The van der Waals surface area contributed by atoms with Crippen LogP contribution in [0.15, 0.2) is 22.7 Å². The monoisotopic (exact) mass is 340 g/mol. The van der Waals surface area contributed by atoms with Crippen molar-refractivity contribution in [2.24, 2.45) is 5.92 Å². The Labute approximate surface area is 128 Å². The Morgan fingerprint density at radius 3 is 2.75 bits per heavy atom. The van der Waals surface area contributed by atoms with Crippen LogP contribution in [0.2, 0.25) is 0 Å². The predicted molar refractivity (Wildman–Crippen MR) is 83.7 cm³/mol. The van der Waals surface area contributed by atoms with E-state index in [0.29, 0.717) is 17.1 Å². The number of nitro benzene ring substituents is 1. The summed E-state index contributed by atoms with van der Waals surface area (Å²) in [6, 6.07) is 5.79. The van der Waals surface area contributed by atoms with Gasteiger partial charge in [0, 0.05) is 18.7 Å². The normalized spacial score (nSPS) is 17.9. The molecular formula is C15H21BrN2O2. The van der Waals surface area contributed by atoms with Gasteiger partial charge in [0.05, 0.1) is 9.40 Å². The van der Waals surface area contributed by atoms with Crippen LogP contribution in [-0.2, 0) is 6.54 Å². The van der Waals surface area contributed by atoms with Crippen LogP contribution in [0.3, 0.4) is 0 Å². The molecule has 110 valence electrons. The number of nitro groups is 1. The molecule has 4 nitrogen and oxygen atoms in total. The molecular weight excluding hydrogens is 320 g/mol. The molecule has 0 radical (unpaired) electrons. The molecule has 0 saturated heterocycles. The summed E-state index contributed by atoms with van der Waals surface area (Å²) in [4.78, 5) is 10.6. The van der Waals surface area contributed by atoms with Crippen LogP contribution in [0.5, 0.6) is 0 Å². The van der Waals surface area contributed by atoms with Crippen LogP contribution in [-0.4, -0.2) is 11.0 Å². The third-order valence-electron chi connectivity index (χ3n) is 4.19. The molecule has 1 aromatic rings. The lowest BCUT2D eigenvalue weighted by molar-refractivity contribution is -0.385. The molecule has 1 aromatic carbocycles. The Morgan fingerprint density at radius 2 is 2.10 bits per heavy atom. The minimum Gasteiger partial charge on any atom is -0.310 e. The maximum absolute atomic E-state index is 10.9. The van der Waals surface area contributed by atoms with Gasteiger partial charge in [-0.05, 0) is 53.2 Å². The molecule has 0 aliphatic heterocycles. The molecule has 1 aliphatic rings. The van der Waals surface area contributed by atoms with Gasteiger partial charge in [-0.15, -0.1) is 0 Å². The molecule has 0 spiro atoms. The molecule has 0 heterocycles. The van der Waals surface area contributed by atoms with Crippen molar-refractivity contribution < 1.29 is 4.92 Å². The van der Waals surface area contributed by atoms with Crippen molar-refractivity contribution in [1.82, 2.24) is 5.32 Å². The third kappa shape index (κ3) is 4.03. The Hall–Kier alpha value is -0.940. The number of hydrogen-bond acceptors (Lipinski definition) is 3. The Kier molecular flexibility index (Phi) is 5.54. The highest BCUT2D eigenvalue weighted by molar-refractivity contribution is 9.10. The first-order valence-corrected chi connectivity index (χ1v) is 8.03. The van der Waals surface area contributed by atoms with E-state index in [9.17, 15) is 10.1 Å². The summed E-state index contributed by atoms with van der Waals surface area (Å²) in [5.74, 6) is 0.745. The van der Waals surface area contributed by atoms with Crippen molar-refractivity contribution >= 4 is 21.6 Å². The number of nitrogens with one attached hydrogen (secondary N) is 1. The van der Waals surface area contributed by atoms with Crippen LogP contribution in [0.4, 0.5) is 5.69 Å². The van der Waals surface area contributed by atoms with E-state index in [0.717, 1.165) is 11.5 Å². The number of hydrogen-bond donors (Lipinski definition) is 1. The molecule has 5 heteroatoms. The highest BCUT2D eigenvalue weighted by Crippen LogP contribution is 2.27. The molecule has 0 aromatic heterocycles. The summed E-state index contributed by atoms with van der Waals surface area (Å²) in [7, 11) is 0. The minimum absolute atomic E-state index is 0.134. The van der Waals surface area contributed by atoms with Gasteiger partial charge in [0.25, 0.3) is 5.69 Å². The number of benzene rings is 1. The van der Waals surface area contributed by atoms with Gasteiger partial charge in [-0.3, -0.25) is 10.1 Å². The van der Waals surface area contributed by atoms with Crippen molar-refractivity contribution in [3.63, 3.8) is 0 Å². The maximum Gasteiger partial charge on any atom is 0.283 e. The number of nitrogens with zero attached hydrogens (tertiary/aromatic N) is 1. The van der Waals surface area contributed by atoms with Crippen LogP contribution in [0.25, 0.3) is 0 Å². The fraction of sp³-hybridized carbons (Fsp3) is 0.600. The fourth-order valence-electron chi connectivity index (χ4n) is 2.89. The summed E-state index contributed by atoms with van der Waals surface area (Å²) < 4.78 is 0.534. The van der Waals surface area contributed by atoms with Gasteiger partial charge in [0.1, 0.15) is 0 Å². The highest BCUT2D eigenvalue weighted by Gasteiger charge is 2.20. The van der Waals surface area contributed by atoms with E-state index in [1.54, 1.807) is 12.1 Å². The highest BCUT2D eigenvalue weighted by atomic mass is 79.9. The number of halogens is 1. The molecule has 0 bridgehead atoms. The topological polar surface area (TPSA) is 55.2 Å². The Balaban J connectivity index is 1.93. The van der Waals surface area contributed by atoms with Gasteiger partial charge in [-0.1, -0.05) is 25.3 Å². The zero-order valence-electron chi connectivity index (χ0n) is 11.8. The molecule has 1 aliphatic carbocycles. The van der Waals surface area contributed by atoms with Crippen LogP contribution in [0, 0.1) is 16.0 Å². The average molecular weight is 341 g/mol. The summed E-state index contributed by atoms with van der Waals surface area (Å²) in [5, 5.41) is 14.4. The second-order valence-electron chi connectivity index (χ2n) is 5.61. The molecule has 1 saturated carbocycles. The van der Waals surface area contributed by atoms with E-state index in [1.807, 2.05) is 6.07 Å². The lowest BCUT2D eigenvalue weighted by Gasteiger charge is -2.28. The molecule has 1 N–H and O–H groups in total. The zero-order valence-corrected chi connectivity index (χ0v) is 13.4. The van der Waals surface area contributed by atoms with Crippen molar-refractivity contribution in [1.29, 1.82) is 0 Å². The summed E-state index contributed by atoms with van der Waals surface area (Å²) in [6.45, 7) is 2.91.